The number of piperidine rings is 1. The summed E-state index contributed by atoms with van der Waals surface area (Å²) in [6.07, 6.45) is 1.41. The third-order valence-electron chi connectivity index (χ3n) is 3.97. The van der Waals surface area contributed by atoms with Gasteiger partial charge in [-0.1, -0.05) is 6.92 Å². The molecule has 2 atom stereocenters. The largest absolute Gasteiger partial charge is 0.481 e. The van der Waals surface area contributed by atoms with E-state index in [2.05, 4.69) is 0 Å². The van der Waals surface area contributed by atoms with E-state index in [0.717, 1.165) is 0 Å². The van der Waals surface area contributed by atoms with Gasteiger partial charge in [-0.2, -0.15) is 0 Å². The second kappa shape index (κ2) is 5.39. The summed E-state index contributed by atoms with van der Waals surface area (Å²) >= 11 is 0. The number of hydrogen-bond acceptors (Lipinski definition) is 3. The summed E-state index contributed by atoms with van der Waals surface area (Å²) in [4.78, 5) is 25.3. The molecule has 0 saturated carbocycles. The van der Waals surface area contributed by atoms with Gasteiger partial charge in [0, 0.05) is 12.6 Å². The predicted octanol–water partition coefficient (Wildman–Crippen LogP) is 2.89. The molecule has 0 aromatic heterocycles. The summed E-state index contributed by atoms with van der Waals surface area (Å²) in [5.74, 6) is -0.823. The number of amides is 1. The Balaban J connectivity index is 2.92. The summed E-state index contributed by atoms with van der Waals surface area (Å²) in [6, 6.07) is -0.349. The summed E-state index contributed by atoms with van der Waals surface area (Å²) in [7, 11) is 0. The molecule has 1 saturated heterocycles. The third-order valence-corrected chi connectivity index (χ3v) is 3.97. The lowest BCUT2D eigenvalue weighted by atomic mass is 9.72. The summed E-state index contributed by atoms with van der Waals surface area (Å²) in [6.45, 7) is 9.66. The Bertz CT molecular complexity index is 361. The average Bonchev–Trinajstić information content (AvgIpc) is 2.26. The van der Waals surface area contributed by atoms with Gasteiger partial charge in [-0.25, -0.2) is 4.79 Å². The highest BCUT2D eigenvalue weighted by molar-refractivity contribution is 5.78. The van der Waals surface area contributed by atoms with Crippen molar-refractivity contribution in [1.82, 2.24) is 4.90 Å². The molecule has 0 aromatic rings. The van der Waals surface area contributed by atoms with Crippen LogP contribution in [-0.4, -0.2) is 40.3 Å². The highest BCUT2D eigenvalue weighted by Crippen LogP contribution is 2.39. The Morgan fingerprint density at radius 1 is 1.42 bits per heavy atom. The van der Waals surface area contributed by atoms with Crippen LogP contribution in [-0.2, 0) is 9.53 Å². The normalized spacial score (nSPS) is 28.1. The second-order valence-corrected chi connectivity index (χ2v) is 6.27. The monoisotopic (exact) mass is 271 g/mol. The standard InChI is InChI=1S/C14H25NO4/c1-6-14(11(16)17)8-7-9-15(10(14)2)12(18)19-13(3,4)5/h10H,6-9H2,1-5H3,(H,16,17)/t10-,14+/m1/s1. The van der Waals surface area contributed by atoms with Crippen molar-refractivity contribution in [3.05, 3.63) is 0 Å². The Kier molecular flexibility index (Phi) is 4.48. The van der Waals surface area contributed by atoms with Crippen LogP contribution >= 0.6 is 0 Å². The molecule has 1 fully saturated rings. The molecule has 110 valence electrons. The summed E-state index contributed by atoms with van der Waals surface area (Å²) in [5.41, 5.74) is -1.42. The number of likely N-dealkylation sites (tertiary alicyclic amines) is 1. The molecule has 0 bridgehead atoms. The van der Waals surface area contributed by atoms with Crippen molar-refractivity contribution >= 4 is 12.1 Å². The number of carbonyl (C=O) groups excluding carboxylic acids is 1. The minimum Gasteiger partial charge on any atom is -0.481 e. The van der Waals surface area contributed by atoms with Crippen LogP contribution in [0.3, 0.4) is 0 Å². The molecular weight excluding hydrogens is 246 g/mol. The number of aliphatic carboxylic acids is 1. The first-order valence-electron chi connectivity index (χ1n) is 6.87. The van der Waals surface area contributed by atoms with Crippen LogP contribution in [0.2, 0.25) is 0 Å². The molecule has 19 heavy (non-hydrogen) atoms. The Morgan fingerprint density at radius 2 is 2.00 bits per heavy atom. The summed E-state index contributed by atoms with van der Waals surface area (Å²) < 4.78 is 5.36. The van der Waals surface area contributed by atoms with Crippen molar-refractivity contribution in [2.24, 2.45) is 5.41 Å². The van der Waals surface area contributed by atoms with E-state index in [0.29, 0.717) is 25.8 Å². The second-order valence-electron chi connectivity index (χ2n) is 6.27. The van der Waals surface area contributed by atoms with Gasteiger partial charge < -0.3 is 14.7 Å². The van der Waals surface area contributed by atoms with Gasteiger partial charge in [0.1, 0.15) is 5.60 Å². The molecule has 1 N–H and O–H groups in total. The molecule has 0 spiro atoms. The van der Waals surface area contributed by atoms with Gasteiger partial charge in [0.05, 0.1) is 5.41 Å². The number of carboxylic acid groups (broad SMARTS) is 1. The number of nitrogens with zero attached hydrogens (tertiary/aromatic N) is 1. The smallest absolute Gasteiger partial charge is 0.410 e. The molecule has 1 rings (SSSR count). The fourth-order valence-electron chi connectivity index (χ4n) is 2.74. The lowest BCUT2D eigenvalue weighted by Crippen LogP contribution is -2.56. The SMILES string of the molecule is CC[C@]1(C(=O)O)CCCN(C(=O)OC(C)(C)C)[C@@H]1C. The maximum absolute atomic E-state index is 12.2. The van der Waals surface area contributed by atoms with Gasteiger partial charge in [-0.15, -0.1) is 0 Å². The van der Waals surface area contributed by atoms with Gasteiger partial charge in [0.25, 0.3) is 0 Å². The van der Waals surface area contributed by atoms with Crippen LogP contribution in [0.1, 0.15) is 53.9 Å². The minimum absolute atomic E-state index is 0.349. The molecule has 0 radical (unpaired) electrons. The first-order valence-corrected chi connectivity index (χ1v) is 6.87. The highest BCUT2D eigenvalue weighted by Gasteiger charge is 2.49. The van der Waals surface area contributed by atoms with Gasteiger partial charge in [-0.05, 0) is 47.0 Å². The Morgan fingerprint density at radius 3 is 2.42 bits per heavy atom. The fraction of sp³-hybridized carbons (Fsp3) is 0.857. The van der Waals surface area contributed by atoms with Crippen molar-refractivity contribution in [2.45, 2.75) is 65.5 Å². The van der Waals surface area contributed by atoms with Gasteiger partial charge >= 0.3 is 12.1 Å². The zero-order chi connectivity index (χ0) is 14.8. The van der Waals surface area contributed by atoms with Crippen molar-refractivity contribution in [1.29, 1.82) is 0 Å². The first kappa shape index (κ1) is 15.8. The van der Waals surface area contributed by atoms with E-state index in [-0.39, 0.29) is 6.04 Å². The topological polar surface area (TPSA) is 66.8 Å². The number of rotatable bonds is 2. The minimum atomic E-state index is -0.852. The maximum atomic E-state index is 12.2. The van der Waals surface area contributed by atoms with E-state index in [4.69, 9.17) is 4.74 Å². The molecule has 1 aliphatic heterocycles. The molecule has 0 aromatic carbocycles. The lowest BCUT2D eigenvalue weighted by molar-refractivity contribution is -0.156. The Labute approximate surface area is 114 Å². The molecular formula is C14H25NO4. The van der Waals surface area contributed by atoms with Crippen LogP contribution in [0, 0.1) is 5.41 Å². The predicted molar refractivity (Wildman–Crippen MR) is 72.0 cm³/mol. The molecule has 1 aliphatic rings. The molecule has 5 heteroatoms. The van der Waals surface area contributed by atoms with Crippen molar-refractivity contribution in [2.75, 3.05) is 6.54 Å². The van der Waals surface area contributed by atoms with E-state index >= 15 is 0 Å². The van der Waals surface area contributed by atoms with Crippen LogP contribution in [0.4, 0.5) is 4.79 Å². The number of ether oxygens (including phenoxy) is 1. The van der Waals surface area contributed by atoms with Crippen LogP contribution in [0.25, 0.3) is 0 Å². The van der Waals surface area contributed by atoms with Crippen LogP contribution in [0.5, 0.6) is 0 Å². The van der Waals surface area contributed by atoms with E-state index in [1.54, 1.807) is 11.8 Å². The van der Waals surface area contributed by atoms with E-state index in [9.17, 15) is 14.7 Å². The average molecular weight is 271 g/mol. The number of carbonyl (C=O) groups is 2. The van der Waals surface area contributed by atoms with E-state index in [1.807, 2.05) is 27.7 Å². The summed E-state index contributed by atoms with van der Waals surface area (Å²) in [5, 5.41) is 9.51. The highest BCUT2D eigenvalue weighted by atomic mass is 16.6. The van der Waals surface area contributed by atoms with Crippen LogP contribution in [0.15, 0.2) is 0 Å². The molecule has 1 amide bonds. The number of carboxylic acids is 1. The number of hydrogen-bond donors (Lipinski definition) is 1. The molecule has 0 aliphatic carbocycles. The molecule has 0 unspecified atom stereocenters. The van der Waals surface area contributed by atoms with Crippen LogP contribution < -0.4 is 0 Å². The zero-order valence-corrected chi connectivity index (χ0v) is 12.5. The van der Waals surface area contributed by atoms with E-state index < -0.39 is 23.1 Å². The van der Waals surface area contributed by atoms with E-state index in [1.165, 1.54) is 0 Å². The van der Waals surface area contributed by atoms with Gasteiger partial charge in [-0.3, -0.25) is 4.79 Å². The van der Waals surface area contributed by atoms with Gasteiger partial charge in [0.15, 0.2) is 0 Å². The maximum Gasteiger partial charge on any atom is 0.410 e. The lowest BCUT2D eigenvalue weighted by Gasteiger charge is -2.45. The van der Waals surface area contributed by atoms with Crippen molar-refractivity contribution in [3.63, 3.8) is 0 Å². The van der Waals surface area contributed by atoms with Crippen molar-refractivity contribution < 1.29 is 19.4 Å². The fourth-order valence-corrected chi connectivity index (χ4v) is 2.74. The first-order chi connectivity index (χ1) is 8.64. The van der Waals surface area contributed by atoms with Gasteiger partial charge in [0.2, 0.25) is 0 Å². The van der Waals surface area contributed by atoms with Crippen molar-refractivity contribution in [3.8, 4) is 0 Å². The zero-order valence-electron chi connectivity index (χ0n) is 12.5. The Hall–Kier alpha value is -1.26. The third kappa shape index (κ3) is 3.19. The molecule has 5 nitrogen and oxygen atoms in total. The quantitative estimate of drug-likeness (QED) is 0.838. The molecule has 1 heterocycles.